The van der Waals surface area contributed by atoms with E-state index >= 15 is 0 Å². The van der Waals surface area contributed by atoms with Gasteiger partial charge in [0.2, 0.25) is 5.91 Å². The van der Waals surface area contributed by atoms with Gasteiger partial charge in [-0.3, -0.25) is 19.7 Å². The van der Waals surface area contributed by atoms with Gasteiger partial charge in [0.1, 0.15) is 0 Å². The molecule has 0 heterocycles. The van der Waals surface area contributed by atoms with Crippen LogP contribution in [0.5, 0.6) is 0 Å². The van der Waals surface area contributed by atoms with Crippen LogP contribution in [0, 0.1) is 22.0 Å². The molecule has 1 amide bonds. The molecular weight excluding hydrogens is 276 g/mol. The van der Waals surface area contributed by atoms with Crippen molar-refractivity contribution in [2.75, 3.05) is 5.32 Å². The zero-order valence-electron chi connectivity index (χ0n) is 11.3. The van der Waals surface area contributed by atoms with Crippen molar-refractivity contribution in [1.82, 2.24) is 0 Å². The fourth-order valence-corrected chi connectivity index (χ4v) is 2.64. The predicted octanol–water partition coefficient (Wildman–Crippen LogP) is 2.42. The van der Waals surface area contributed by atoms with Gasteiger partial charge in [0.25, 0.3) is 5.69 Å². The molecule has 2 N–H and O–H groups in total. The van der Waals surface area contributed by atoms with E-state index in [1.165, 1.54) is 24.3 Å². The van der Waals surface area contributed by atoms with Gasteiger partial charge in [0, 0.05) is 17.8 Å². The zero-order chi connectivity index (χ0) is 15.4. The van der Waals surface area contributed by atoms with Crippen LogP contribution in [0.25, 0.3) is 0 Å². The molecule has 1 aromatic carbocycles. The Bertz CT molecular complexity index is 555. The van der Waals surface area contributed by atoms with E-state index in [9.17, 15) is 19.7 Å². The number of nitrogens with one attached hydrogen (secondary N) is 1. The smallest absolute Gasteiger partial charge is 0.307 e. The molecule has 7 heteroatoms. The second-order valence-corrected chi connectivity index (χ2v) is 5.13. The Morgan fingerprint density at radius 1 is 1.14 bits per heavy atom. The van der Waals surface area contributed by atoms with Crippen LogP contribution >= 0.6 is 0 Å². The number of aliphatic carboxylic acids is 1. The first-order valence-corrected chi connectivity index (χ1v) is 6.77. The molecule has 112 valence electrons. The molecule has 21 heavy (non-hydrogen) atoms. The monoisotopic (exact) mass is 292 g/mol. The Hall–Kier alpha value is -2.44. The number of carbonyl (C=O) groups excluding carboxylic acids is 1. The molecule has 2 unspecified atom stereocenters. The third-order valence-corrected chi connectivity index (χ3v) is 3.77. The van der Waals surface area contributed by atoms with Crippen LogP contribution in [0.3, 0.4) is 0 Å². The van der Waals surface area contributed by atoms with Crippen LogP contribution in [0.4, 0.5) is 11.4 Å². The highest BCUT2D eigenvalue weighted by molar-refractivity contribution is 5.95. The van der Waals surface area contributed by atoms with E-state index in [-0.39, 0.29) is 11.6 Å². The standard InChI is InChI=1S/C14H16N2O5/c17-13(11-3-1-2-4-12(11)14(18)19)15-9-5-7-10(8-6-9)16(20)21/h5-8,11-12H,1-4H2,(H,15,17)(H,18,19). The van der Waals surface area contributed by atoms with Gasteiger partial charge < -0.3 is 10.4 Å². The summed E-state index contributed by atoms with van der Waals surface area (Å²) in [6, 6.07) is 5.47. The number of carbonyl (C=O) groups is 2. The number of nitro benzene ring substituents is 1. The van der Waals surface area contributed by atoms with Gasteiger partial charge in [-0.05, 0) is 25.0 Å². The van der Waals surface area contributed by atoms with Gasteiger partial charge in [0.15, 0.2) is 0 Å². The SMILES string of the molecule is O=C(O)C1CCCCC1C(=O)Nc1ccc([N+](=O)[O-])cc1. The van der Waals surface area contributed by atoms with Crippen molar-refractivity contribution in [3.63, 3.8) is 0 Å². The van der Waals surface area contributed by atoms with E-state index in [0.29, 0.717) is 18.5 Å². The summed E-state index contributed by atoms with van der Waals surface area (Å²) in [5.41, 5.74) is 0.370. The van der Waals surface area contributed by atoms with Gasteiger partial charge in [-0.15, -0.1) is 0 Å². The number of nitro groups is 1. The van der Waals surface area contributed by atoms with Crippen LogP contribution in [-0.2, 0) is 9.59 Å². The Kier molecular flexibility index (Phi) is 4.52. The molecule has 1 fully saturated rings. The summed E-state index contributed by atoms with van der Waals surface area (Å²) in [5, 5.41) is 22.4. The number of amides is 1. The van der Waals surface area contributed by atoms with E-state index in [1.807, 2.05) is 0 Å². The molecule has 0 spiro atoms. The highest BCUT2D eigenvalue weighted by Crippen LogP contribution is 2.31. The molecule has 0 aromatic heterocycles. The fourth-order valence-electron chi connectivity index (χ4n) is 2.64. The van der Waals surface area contributed by atoms with Gasteiger partial charge in [-0.25, -0.2) is 0 Å². The average molecular weight is 292 g/mol. The molecule has 2 rings (SSSR count). The van der Waals surface area contributed by atoms with Gasteiger partial charge in [0.05, 0.1) is 16.8 Å². The van der Waals surface area contributed by atoms with Crippen molar-refractivity contribution >= 4 is 23.3 Å². The predicted molar refractivity (Wildman–Crippen MR) is 74.8 cm³/mol. The molecule has 0 radical (unpaired) electrons. The number of nitrogens with zero attached hydrogens (tertiary/aromatic N) is 1. The Morgan fingerprint density at radius 2 is 1.71 bits per heavy atom. The van der Waals surface area contributed by atoms with Gasteiger partial charge in [-0.1, -0.05) is 12.8 Å². The number of benzene rings is 1. The first kappa shape index (κ1) is 15.0. The average Bonchev–Trinajstić information content (AvgIpc) is 2.47. The molecule has 1 aliphatic carbocycles. The van der Waals surface area contributed by atoms with Crippen molar-refractivity contribution in [2.45, 2.75) is 25.7 Å². The maximum Gasteiger partial charge on any atom is 0.307 e. The van der Waals surface area contributed by atoms with Crippen molar-refractivity contribution < 1.29 is 19.6 Å². The minimum Gasteiger partial charge on any atom is -0.481 e. The van der Waals surface area contributed by atoms with Gasteiger partial charge in [-0.2, -0.15) is 0 Å². The van der Waals surface area contributed by atoms with E-state index in [2.05, 4.69) is 5.32 Å². The number of rotatable bonds is 4. The highest BCUT2D eigenvalue weighted by atomic mass is 16.6. The van der Waals surface area contributed by atoms with Crippen LogP contribution in [0.1, 0.15) is 25.7 Å². The largest absolute Gasteiger partial charge is 0.481 e. The van der Waals surface area contributed by atoms with Crippen LogP contribution < -0.4 is 5.32 Å². The minimum atomic E-state index is -0.946. The number of hydrogen-bond donors (Lipinski definition) is 2. The molecule has 1 aromatic rings. The number of anilines is 1. The highest BCUT2D eigenvalue weighted by Gasteiger charge is 2.35. The Labute approximate surface area is 121 Å². The molecule has 1 aliphatic rings. The molecule has 0 bridgehead atoms. The number of carboxylic acid groups (broad SMARTS) is 1. The quantitative estimate of drug-likeness (QED) is 0.654. The summed E-state index contributed by atoms with van der Waals surface area (Å²) in [5.74, 6) is -2.49. The molecule has 0 aliphatic heterocycles. The second-order valence-electron chi connectivity index (χ2n) is 5.13. The number of hydrogen-bond acceptors (Lipinski definition) is 4. The first-order chi connectivity index (χ1) is 9.99. The summed E-state index contributed by atoms with van der Waals surface area (Å²) >= 11 is 0. The zero-order valence-corrected chi connectivity index (χ0v) is 11.3. The maximum absolute atomic E-state index is 12.2. The minimum absolute atomic E-state index is 0.0610. The van der Waals surface area contributed by atoms with Crippen LogP contribution in [0.15, 0.2) is 24.3 Å². The van der Waals surface area contributed by atoms with E-state index < -0.39 is 22.7 Å². The first-order valence-electron chi connectivity index (χ1n) is 6.77. The second kappa shape index (κ2) is 6.34. The maximum atomic E-state index is 12.2. The van der Waals surface area contributed by atoms with Crippen molar-refractivity contribution in [3.8, 4) is 0 Å². The number of carboxylic acids is 1. The van der Waals surface area contributed by atoms with Crippen molar-refractivity contribution in [2.24, 2.45) is 11.8 Å². The topological polar surface area (TPSA) is 110 Å². The number of non-ortho nitro benzene ring substituents is 1. The van der Waals surface area contributed by atoms with Crippen LogP contribution in [0.2, 0.25) is 0 Å². The summed E-state index contributed by atoms with van der Waals surface area (Å²) in [6.07, 6.45) is 2.71. The molecule has 1 saturated carbocycles. The van der Waals surface area contributed by atoms with Gasteiger partial charge >= 0.3 is 5.97 Å². The summed E-state index contributed by atoms with van der Waals surface area (Å²) in [4.78, 5) is 33.4. The lowest BCUT2D eigenvalue weighted by Crippen LogP contribution is -2.36. The Morgan fingerprint density at radius 3 is 2.24 bits per heavy atom. The van der Waals surface area contributed by atoms with Crippen LogP contribution in [-0.4, -0.2) is 21.9 Å². The summed E-state index contributed by atoms with van der Waals surface area (Å²) in [7, 11) is 0. The molecule has 2 atom stereocenters. The lowest BCUT2D eigenvalue weighted by molar-refractivity contribution is -0.384. The fraction of sp³-hybridized carbons (Fsp3) is 0.429. The third kappa shape index (κ3) is 3.56. The van der Waals surface area contributed by atoms with E-state index in [1.54, 1.807) is 0 Å². The molecule has 7 nitrogen and oxygen atoms in total. The third-order valence-electron chi connectivity index (χ3n) is 3.77. The van der Waals surface area contributed by atoms with Crippen molar-refractivity contribution in [3.05, 3.63) is 34.4 Å². The lowest BCUT2D eigenvalue weighted by Gasteiger charge is -2.27. The van der Waals surface area contributed by atoms with E-state index in [0.717, 1.165) is 12.8 Å². The van der Waals surface area contributed by atoms with Crippen molar-refractivity contribution in [1.29, 1.82) is 0 Å². The normalized spacial score (nSPS) is 21.5. The lowest BCUT2D eigenvalue weighted by atomic mass is 9.78. The molecular formula is C14H16N2O5. The molecule has 0 saturated heterocycles. The summed E-state index contributed by atoms with van der Waals surface area (Å²) < 4.78 is 0. The summed E-state index contributed by atoms with van der Waals surface area (Å²) in [6.45, 7) is 0. The Balaban J connectivity index is 2.05. The van der Waals surface area contributed by atoms with E-state index in [4.69, 9.17) is 5.11 Å².